The van der Waals surface area contributed by atoms with Gasteiger partial charge in [0.15, 0.2) is 0 Å². The summed E-state index contributed by atoms with van der Waals surface area (Å²) in [7, 11) is 0. The molecule has 2 N–H and O–H groups in total. The first kappa shape index (κ1) is 11.4. The molecule has 0 spiro atoms. The van der Waals surface area contributed by atoms with Crippen LogP contribution in [0.1, 0.15) is 45.4 Å². The summed E-state index contributed by atoms with van der Waals surface area (Å²) >= 11 is 0. The van der Waals surface area contributed by atoms with Crippen molar-refractivity contribution < 1.29 is 14.7 Å². The topological polar surface area (TPSA) is 66.4 Å². The molecule has 2 aliphatic rings. The number of nitrogens with one attached hydrogen (secondary N) is 1. The molecule has 0 aliphatic heterocycles. The van der Waals surface area contributed by atoms with Crippen LogP contribution in [0.3, 0.4) is 0 Å². The largest absolute Gasteiger partial charge is 0.480 e. The van der Waals surface area contributed by atoms with Gasteiger partial charge in [-0.15, -0.1) is 0 Å². The van der Waals surface area contributed by atoms with Gasteiger partial charge in [0.2, 0.25) is 5.91 Å². The third kappa shape index (κ3) is 1.70. The van der Waals surface area contributed by atoms with Crippen molar-refractivity contribution in [3.8, 4) is 0 Å². The molecule has 90 valence electrons. The number of carboxylic acids is 1. The van der Waals surface area contributed by atoms with Gasteiger partial charge in [-0.25, -0.2) is 0 Å². The Hall–Kier alpha value is -1.06. The second kappa shape index (κ2) is 3.75. The Morgan fingerprint density at radius 2 is 1.75 bits per heavy atom. The lowest BCUT2D eigenvalue weighted by Gasteiger charge is -2.41. The zero-order valence-electron chi connectivity index (χ0n) is 9.71. The Morgan fingerprint density at radius 3 is 2.06 bits per heavy atom. The van der Waals surface area contributed by atoms with E-state index in [9.17, 15) is 9.59 Å². The van der Waals surface area contributed by atoms with Gasteiger partial charge in [0, 0.05) is 6.54 Å². The lowest BCUT2D eigenvalue weighted by Crippen LogP contribution is -2.53. The summed E-state index contributed by atoms with van der Waals surface area (Å²) in [6.45, 7) is 2.77. The average molecular weight is 225 g/mol. The van der Waals surface area contributed by atoms with Gasteiger partial charge in [0.1, 0.15) is 5.41 Å². The minimum absolute atomic E-state index is 0.207. The molecule has 0 saturated heterocycles. The minimum atomic E-state index is -1.11. The quantitative estimate of drug-likeness (QED) is 0.713. The SMILES string of the molecule is CC1(CNC(=O)C2(C(=O)O)CCC2)CCC1. The Morgan fingerprint density at radius 1 is 1.19 bits per heavy atom. The van der Waals surface area contributed by atoms with Gasteiger partial charge in [0.25, 0.3) is 0 Å². The van der Waals surface area contributed by atoms with Crippen molar-refractivity contribution in [2.24, 2.45) is 10.8 Å². The van der Waals surface area contributed by atoms with E-state index in [4.69, 9.17) is 5.11 Å². The normalized spacial score (nSPS) is 25.1. The summed E-state index contributed by atoms with van der Waals surface area (Å²) in [4.78, 5) is 23.0. The summed E-state index contributed by atoms with van der Waals surface area (Å²) < 4.78 is 0. The molecule has 4 nitrogen and oxygen atoms in total. The average Bonchev–Trinajstić information content (AvgIpc) is 2.09. The monoisotopic (exact) mass is 225 g/mol. The van der Waals surface area contributed by atoms with Crippen LogP contribution >= 0.6 is 0 Å². The number of carbonyl (C=O) groups is 2. The molecule has 0 unspecified atom stereocenters. The molecule has 2 aliphatic carbocycles. The lowest BCUT2D eigenvalue weighted by molar-refractivity contribution is -0.162. The van der Waals surface area contributed by atoms with Gasteiger partial charge in [-0.05, 0) is 31.1 Å². The summed E-state index contributed by atoms with van der Waals surface area (Å²) in [6.07, 6.45) is 5.31. The highest BCUT2D eigenvalue weighted by molar-refractivity contribution is 6.02. The fourth-order valence-corrected chi connectivity index (χ4v) is 2.49. The van der Waals surface area contributed by atoms with E-state index < -0.39 is 11.4 Å². The highest BCUT2D eigenvalue weighted by Gasteiger charge is 2.51. The van der Waals surface area contributed by atoms with Crippen LogP contribution in [-0.4, -0.2) is 23.5 Å². The predicted octanol–water partition coefficient (Wildman–Crippen LogP) is 1.55. The first-order valence-corrected chi connectivity index (χ1v) is 6.00. The van der Waals surface area contributed by atoms with Crippen LogP contribution in [0, 0.1) is 10.8 Å². The smallest absolute Gasteiger partial charge is 0.319 e. The fraction of sp³-hybridized carbons (Fsp3) is 0.833. The standard InChI is InChI=1S/C12H19NO3/c1-11(4-2-5-11)8-13-9(14)12(10(15)16)6-3-7-12/h2-8H2,1H3,(H,13,14)(H,15,16). The molecular weight excluding hydrogens is 206 g/mol. The number of carboxylic acid groups (broad SMARTS) is 1. The van der Waals surface area contributed by atoms with Crippen LogP contribution < -0.4 is 5.32 Å². The van der Waals surface area contributed by atoms with Gasteiger partial charge < -0.3 is 10.4 Å². The number of hydrogen-bond donors (Lipinski definition) is 2. The predicted molar refractivity (Wildman–Crippen MR) is 58.9 cm³/mol. The molecule has 0 radical (unpaired) electrons. The molecule has 2 saturated carbocycles. The molecular formula is C12H19NO3. The van der Waals surface area contributed by atoms with Crippen molar-refractivity contribution in [3.05, 3.63) is 0 Å². The number of amides is 1. The highest BCUT2D eigenvalue weighted by Crippen LogP contribution is 2.43. The van der Waals surface area contributed by atoms with Gasteiger partial charge in [0.05, 0.1) is 0 Å². The van der Waals surface area contributed by atoms with Gasteiger partial charge >= 0.3 is 5.97 Å². The Kier molecular flexibility index (Phi) is 2.68. The fourth-order valence-electron chi connectivity index (χ4n) is 2.49. The zero-order valence-corrected chi connectivity index (χ0v) is 9.71. The summed E-state index contributed by atoms with van der Waals surface area (Å²) in [5.41, 5.74) is -0.904. The molecule has 0 aromatic carbocycles. The van der Waals surface area contributed by atoms with Crippen LogP contribution in [0.2, 0.25) is 0 Å². The molecule has 0 atom stereocenters. The first-order valence-electron chi connectivity index (χ1n) is 6.00. The Labute approximate surface area is 95.4 Å². The van der Waals surface area contributed by atoms with E-state index in [0.29, 0.717) is 19.4 Å². The van der Waals surface area contributed by atoms with E-state index >= 15 is 0 Å². The Bertz CT molecular complexity index is 316. The molecule has 0 aromatic heterocycles. The number of aliphatic carboxylic acids is 1. The maximum absolute atomic E-state index is 11.9. The van der Waals surface area contributed by atoms with Crippen LogP contribution in [0.15, 0.2) is 0 Å². The van der Waals surface area contributed by atoms with Crippen molar-refractivity contribution in [2.45, 2.75) is 45.4 Å². The third-order valence-corrected chi connectivity index (χ3v) is 4.29. The van der Waals surface area contributed by atoms with E-state index in [-0.39, 0.29) is 11.3 Å². The molecule has 2 fully saturated rings. The second-order valence-electron chi connectivity index (χ2n) is 5.59. The number of rotatable bonds is 4. The summed E-state index contributed by atoms with van der Waals surface area (Å²) in [5.74, 6) is -1.24. The van der Waals surface area contributed by atoms with Gasteiger partial charge in [-0.2, -0.15) is 0 Å². The third-order valence-electron chi connectivity index (χ3n) is 4.29. The molecule has 0 bridgehead atoms. The van der Waals surface area contributed by atoms with E-state index in [2.05, 4.69) is 12.2 Å². The van der Waals surface area contributed by atoms with Crippen LogP contribution in [0.4, 0.5) is 0 Å². The molecule has 2 rings (SSSR count). The molecule has 16 heavy (non-hydrogen) atoms. The van der Waals surface area contributed by atoms with E-state index in [0.717, 1.165) is 19.3 Å². The van der Waals surface area contributed by atoms with E-state index in [1.54, 1.807) is 0 Å². The maximum Gasteiger partial charge on any atom is 0.319 e. The van der Waals surface area contributed by atoms with Crippen LogP contribution in [0.5, 0.6) is 0 Å². The first-order chi connectivity index (χ1) is 7.49. The van der Waals surface area contributed by atoms with Crippen molar-refractivity contribution in [1.29, 1.82) is 0 Å². The Balaban J connectivity index is 1.89. The highest BCUT2D eigenvalue weighted by atomic mass is 16.4. The van der Waals surface area contributed by atoms with Gasteiger partial charge in [-0.1, -0.05) is 19.8 Å². The number of hydrogen-bond acceptors (Lipinski definition) is 2. The van der Waals surface area contributed by atoms with E-state index in [1.165, 1.54) is 6.42 Å². The van der Waals surface area contributed by atoms with E-state index in [1.807, 2.05) is 0 Å². The van der Waals surface area contributed by atoms with Crippen molar-refractivity contribution >= 4 is 11.9 Å². The van der Waals surface area contributed by atoms with Gasteiger partial charge in [-0.3, -0.25) is 9.59 Å². The minimum Gasteiger partial charge on any atom is -0.480 e. The maximum atomic E-state index is 11.9. The number of carbonyl (C=O) groups excluding carboxylic acids is 1. The van der Waals surface area contributed by atoms with Crippen LogP contribution in [0.25, 0.3) is 0 Å². The molecule has 1 amide bonds. The molecule has 0 heterocycles. The molecule has 0 aromatic rings. The molecule has 4 heteroatoms. The lowest BCUT2D eigenvalue weighted by atomic mass is 9.67. The van der Waals surface area contributed by atoms with Crippen LogP contribution in [-0.2, 0) is 9.59 Å². The second-order valence-corrected chi connectivity index (χ2v) is 5.59. The van der Waals surface area contributed by atoms with Crippen molar-refractivity contribution in [2.75, 3.05) is 6.54 Å². The van der Waals surface area contributed by atoms with Crippen molar-refractivity contribution in [3.63, 3.8) is 0 Å². The zero-order chi connectivity index (χ0) is 11.8. The van der Waals surface area contributed by atoms with Crippen molar-refractivity contribution in [1.82, 2.24) is 5.32 Å². The summed E-state index contributed by atoms with van der Waals surface area (Å²) in [6, 6.07) is 0. The summed E-state index contributed by atoms with van der Waals surface area (Å²) in [5, 5.41) is 11.9.